The quantitative estimate of drug-likeness (QED) is 0.802. The minimum absolute atomic E-state index is 0.108. The zero-order valence-corrected chi connectivity index (χ0v) is 9.44. The molecule has 0 saturated carbocycles. The van der Waals surface area contributed by atoms with Gasteiger partial charge >= 0.3 is 0 Å². The Hall–Kier alpha value is -1.28. The van der Waals surface area contributed by atoms with Crippen LogP contribution in [0.5, 0.6) is 5.75 Å². The average Bonchev–Trinajstić information content (AvgIpc) is 2.28. The third kappa shape index (κ3) is 3.40. The number of nitrogens with two attached hydrogens (primary N) is 1. The van der Waals surface area contributed by atoms with E-state index in [0.717, 1.165) is 17.7 Å². The summed E-state index contributed by atoms with van der Waals surface area (Å²) in [5.74, 6) is 0.910. The Morgan fingerprint density at radius 2 is 2.13 bits per heavy atom. The van der Waals surface area contributed by atoms with E-state index in [9.17, 15) is 0 Å². The SMILES string of the molecule is CC=Cc1ccccc1OC(CC)CN. The molecule has 1 atom stereocenters. The van der Waals surface area contributed by atoms with E-state index < -0.39 is 0 Å². The molecule has 15 heavy (non-hydrogen) atoms. The number of allylic oxidation sites excluding steroid dienone is 1. The number of ether oxygens (including phenoxy) is 1. The van der Waals surface area contributed by atoms with Gasteiger partial charge in [0.05, 0.1) is 0 Å². The van der Waals surface area contributed by atoms with Crippen LogP contribution in [0.25, 0.3) is 6.08 Å². The predicted octanol–water partition coefficient (Wildman–Crippen LogP) is 2.84. The van der Waals surface area contributed by atoms with Gasteiger partial charge in [-0.1, -0.05) is 37.3 Å². The zero-order valence-electron chi connectivity index (χ0n) is 9.44. The molecule has 0 spiro atoms. The Morgan fingerprint density at radius 3 is 2.73 bits per heavy atom. The van der Waals surface area contributed by atoms with Crippen LogP contribution in [-0.2, 0) is 0 Å². The van der Waals surface area contributed by atoms with E-state index in [2.05, 4.69) is 6.92 Å². The van der Waals surface area contributed by atoms with Crippen molar-refractivity contribution in [1.82, 2.24) is 0 Å². The summed E-state index contributed by atoms with van der Waals surface area (Å²) in [5, 5.41) is 0. The molecule has 2 N–H and O–H groups in total. The first-order valence-corrected chi connectivity index (χ1v) is 5.40. The summed E-state index contributed by atoms with van der Waals surface area (Å²) >= 11 is 0. The molecule has 0 aromatic heterocycles. The summed E-state index contributed by atoms with van der Waals surface area (Å²) in [6.07, 6.45) is 5.08. The van der Waals surface area contributed by atoms with Gasteiger partial charge in [-0.2, -0.15) is 0 Å². The molecule has 0 heterocycles. The summed E-state index contributed by atoms with van der Waals surface area (Å²) in [6, 6.07) is 8.00. The maximum atomic E-state index is 5.82. The normalized spacial score (nSPS) is 13.0. The fourth-order valence-corrected chi connectivity index (χ4v) is 1.38. The lowest BCUT2D eigenvalue weighted by Gasteiger charge is -2.17. The van der Waals surface area contributed by atoms with E-state index in [0.29, 0.717) is 6.54 Å². The van der Waals surface area contributed by atoms with Crippen molar-refractivity contribution in [2.24, 2.45) is 5.73 Å². The molecular weight excluding hydrogens is 186 g/mol. The van der Waals surface area contributed by atoms with Crippen molar-refractivity contribution in [1.29, 1.82) is 0 Å². The van der Waals surface area contributed by atoms with Gasteiger partial charge in [-0.3, -0.25) is 0 Å². The molecule has 1 aromatic carbocycles. The van der Waals surface area contributed by atoms with Gasteiger partial charge in [-0.15, -0.1) is 0 Å². The number of benzene rings is 1. The zero-order chi connectivity index (χ0) is 11.1. The molecule has 1 rings (SSSR count). The summed E-state index contributed by atoms with van der Waals surface area (Å²) in [4.78, 5) is 0. The maximum Gasteiger partial charge on any atom is 0.126 e. The second-order valence-corrected chi connectivity index (χ2v) is 3.42. The molecule has 0 radical (unpaired) electrons. The first-order valence-electron chi connectivity index (χ1n) is 5.40. The first-order chi connectivity index (χ1) is 7.31. The Morgan fingerprint density at radius 1 is 1.40 bits per heavy atom. The Labute approximate surface area is 91.7 Å². The van der Waals surface area contributed by atoms with E-state index >= 15 is 0 Å². The van der Waals surface area contributed by atoms with Crippen molar-refractivity contribution < 1.29 is 4.74 Å². The fraction of sp³-hybridized carbons (Fsp3) is 0.385. The topological polar surface area (TPSA) is 35.2 Å². The van der Waals surface area contributed by atoms with Crippen molar-refractivity contribution in [2.75, 3.05) is 6.54 Å². The Balaban J connectivity index is 2.83. The molecule has 0 fully saturated rings. The summed E-state index contributed by atoms with van der Waals surface area (Å²) < 4.78 is 5.82. The third-order valence-corrected chi connectivity index (χ3v) is 2.28. The Kier molecular flexibility index (Phi) is 4.91. The van der Waals surface area contributed by atoms with Gasteiger partial charge in [0.25, 0.3) is 0 Å². The van der Waals surface area contributed by atoms with Crippen LogP contribution in [0.1, 0.15) is 25.8 Å². The smallest absolute Gasteiger partial charge is 0.126 e. The van der Waals surface area contributed by atoms with Crippen molar-refractivity contribution >= 4 is 6.08 Å². The molecule has 0 aliphatic carbocycles. The Bertz CT molecular complexity index is 316. The summed E-state index contributed by atoms with van der Waals surface area (Å²) in [5.41, 5.74) is 6.72. The van der Waals surface area contributed by atoms with Crippen LogP contribution in [0.15, 0.2) is 30.3 Å². The van der Waals surface area contributed by atoms with Crippen LogP contribution in [0, 0.1) is 0 Å². The second kappa shape index (κ2) is 6.25. The van der Waals surface area contributed by atoms with E-state index in [1.807, 2.05) is 43.3 Å². The highest BCUT2D eigenvalue weighted by Gasteiger charge is 2.07. The highest BCUT2D eigenvalue weighted by Crippen LogP contribution is 2.21. The van der Waals surface area contributed by atoms with Gasteiger partial charge < -0.3 is 10.5 Å². The van der Waals surface area contributed by atoms with Gasteiger partial charge in [0, 0.05) is 12.1 Å². The molecule has 1 unspecified atom stereocenters. The molecule has 2 nitrogen and oxygen atoms in total. The summed E-state index contributed by atoms with van der Waals surface area (Å²) in [6.45, 7) is 4.63. The average molecular weight is 205 g/mol. The van der Waals surface area contributed by atoms with E-state index in [-0.39, 0.29) is 6.10 Å². The van der Waals surface area contributed by atoms with Crippen molar-refractivity contribution in [3.8, 4) is 5.75 Å². The molecule has 0 saturated heterocycles. The third-order valence-electron chi connectivity index (χ3n) is 2.28. The van der Waals surface area contributed by atoms with Crippen LogP contribution in [0.4, 0.5) is 0 Å². The predicted molar refractivity (Wildman–Crippen MR) is 64.9 cm³/mol. The van der Waals surface area contributed by atoms with Crippen molar-refractivity contribution in [3.63, 3.8) is 0 Å². The molecule has 0 bridgehead atoms. The number of rotatable bonds is 5. The number of hydrogen-bond donors (Lipinski definition) is 1. The lowest BCUT2D eigenvalue weighted by atomic mass is 10.2. The molecular formula is C13H19NO. The second-order valence-electron chi connectivity index (χ2n) is 3.42. The van der Waals surface area contributed by atoms with Crippen LogP contribution >= 0.6 is 0 Å². The van der Waals surface area contributed by atoms with E-state index in [4.69, 9.17) is 10.5 Å². The van der Waals surface area contributed by atoms with Crippen LogP contribution < -0.4 is 10.5 Å². The highest BCUT2D eigenvalue weighted by atomic mass is 16.5. The van der Waals surface area contributed by atoms with Gasteiger partial charge in [0.2, 0.25) is 0 Å². The summed E-state index contributed by atoms with van der Waals surface area (Å²) in [7, 11) is 0. The van der Waals surface area contributed by atoms with Crippen molar-refractivity contribution in [2.45, 2.75) is 26.4 Å². The number of para-hydroxylation sites is 1. The van der Waals surface area contributed by atoms with Gasteiger partial charge in [-0.05, 0) is 19.4 Å². The molecule has 0 amide bonds. The largest absolute Gasteiger partial charge is 0.489 e. The van der Waals surface area contributed by atoms with E-state index in [1.54, 1.807) is 0 Å². The van der Waals surface area contributed by atoms with Gasteiger partial charge in [-0.25, -0.2) is 0 Å². The van der Waals surface area contributed by atoms with Crippen LogP contribution in [0.3, 0.4) is 0 Å². The molecule has 82 valence electrons. The van der Waals surface area contributed by atoms with Crippen LogP contribution in [0.2, 0.25) is 0 Å². The maximum absolute atomic E-state index is 5.82. The molecule has 0 aliphatic heterocycles. The molecule has 2 heteroatoms. The minimum atomic E-state index is 0.108. The molecule has 1 aromatic rings. The van der Waals surface area contributed by atoms with Gasteiger partial charge in [0.1, 0.15) is 11.9 Å². The number of hydrogen-bond acceptors (Lipinski definition) is 2. The van der Waals surface area contributed by atoms with Crippen LogP contribution in [-0.4, -0.2) is 12.6 Å². The lowest BCUT2D eigenvalue weighted by molar-refractivity contribution is 0.205. The van der Waals surface area contributed by atoms with Crippen molar-refractivity contribution in [3.05, 3.63) is 35.9 Å². The van der Waals surface area contributed by atoms with E-state index in [1.165, 1.54) is 0 Å². The monoisotopic (exact) mass is 205 g/mol. The molecule has 0 aliphatic rings. The lowest BCUT2D eigenvalue weighted by Crippen LogP contribution is -2.25. The first kappa shape index (κ1) is 11.8. The fourth-order valence-electron chi connectivity index (χ4n) is 1.38. The van der Waals surface area contributed by atoms with Gasteiger partial charge in [0.15, 0.2) is 0 Å². The highest BCUT2D eigenvalue weighted by molar-refractivity contribution is 5.56. The standard InChI is InChI=1S/C13H19NO/c1-3-7-11-8-5-6-9-13(11)15-12(4-2)10-14/h3,5-9,12H,4,10,14H2,1-2H3. The minimum Gasteiger partial charge on any atom is -0.489 e.